The van der Waals surface area contributed by atoms with Crippen LogP contribution in [0.4, 0.5) is 5.69 Å². The number of nitrogen functional groups attached to an aromatic ring is 1. The third-order valence-corrected chi connectivity index (χ3v) is 3.32. The first kappa shape index (κ1) is 13.3. The van der Waals surface area contributed by atoms with Gasteiger partial charge in [0.2, 0.25) is 0 Å². The SMILES string of the molecule is Nc1ccc(Oc2ccccc2Cc2ccccc2)cc1. The molecule has 0 fully saturated rings. The lowest BCUT2D eigenvalue weighted by Gasteiger charge is -2.11. The molecule has 0 aliphatic heterocycles. The molecule has 3 rings (SSSR count). The predicted molar refractivity (Wildman–Crippen MR) is 86.6 cm³/mol. The van der Waals surface area contributed by atoms with E-state index in [1.54, 1.807) is 0 Å². The van der Waals surface area contributed by atoms with Crippen molar-refractivity contribution in [2.24, 2.45) is 0 Å². The van der Waals surface area contributed by atoms with Gasteiger partial charge in [0, 0.05) is 12.1 Å². The number of nitrogens with two attached hydrogens (primary N) is 1. The summed E-state index contributed by atoms with van der Waals surface area (Å²) in [7, 11) is 0. The van der Waals surface area contributed by atoms with Gasteiger partial charge in [0.05, 0.1) is 0 Å². The molecule has 21 heavy (non-hydrogen) atoms. The van der Waals surface area contributed by atoms with Gasteiger partial charge in [-0.05, 0) is 41.5 Å². The van der Waals surface area contributed by atoms with E-state index in [9.17, 15) is 0 Å². The molecular formula is C19H17NO. The molecule has 104 valence electrons. The van der Waals surface area contributed by atoms with Gasteiger partial charge < -0.3 is 10.5 Å². The van der Waals surface area contributed by atoms with Gasteiger partial charge in [0.15, 0.2) is 0 Å². The highest BCUT2D eigenvalue weighted by Gasteiger charge is 2.05. The van der Waals surface area contributed by atoms with Crippen molar-refractivity contribution in [1.82, 2.24) is 0 Å². The number of hydrogen-bond donors (Lipinski definition) is 1. The Morgan fingerprint density at radius 1 is 0.714 bits per heavy atom. The molecule has 0 heterocycles. The Morgan fingerprint density at radius 2 is 1.38 bits per heavy atom. The van der Waals surface area contributed by atoms with Crippen molar-refractivity contribution in [2.45, 2.75) is 6.42 Å². The normalized spacial score (nSPS) is 10.3. The lowest BCUT2D eigenvalue weighted by atomic mass is 10.0. The maximum absolute atomic E-state index is 5.98. The van der Waals surface area contributed by atoms with Gasteiger partial charge in [-0.2, -0.15) is 0 Å². The molecule has 0 atom stereocenters. The van der Waals surface area contributed by atoms with Gasteiger partial charge in [-0.1, -0.05) is 48.5 Å². The van der Waals surface area contributed by atoms with Crippen LogP contribution < -0.4 is 10.5 Å². The van der Waals surface area contributed by atoms with Gasteiger partial charge in [-0.25, -0.2) is 0 Å². The molecule has 0 bridgehead atoms. The highest BCUT2D eigenvalue weighted by molar-refractivity contribution is 5.45. The van der Waals surface area contributed by atoms with Crippen LogP contribution in [0.1, 0.15) is 11.1 Å². The quantitative estimate of drug-likeness (QED) is 0.703. The second-order valence-electron chi connectivity index (χ2n) is 4.94. The molecule has 0 aliphatic rings. The van der Waals surface area contributed by atoms with Crippen LogP contribution in [-0.2, 0) is 6.42 Å². The van der Waals surface area contributed by atoms with E-state index in [4.69, 9.17) is 10.5 Å². The fourth-order valence-electron chi connectivity index (χ4n) is 2.23. The molecule has 2 N–H and O–H groups in total. The number of anilines is 1. The minimum atomic E-state index is 0.736. The first-order chi connectivity index (χ1) is 10.3. The Labute approximate surface area is 124 Å². The molecule has 2 heteroatoms. The maximum Gasteiger partial charge on any atom is 0.130 e. The number of benzene rings is 3. The van der Waals surface area contributed by atoms with Crippen molar-refractivity contribution in [1.29, 1.82) is 0 Å². The summed E-state index contributed by atoms with van der Waals surface area (Å²) in [4.78, 5) is 0. The highest BCUT2D eigenvalue weighted by atomic mass is 16.5. The zero-order valence-corrected chi connectivity index (χ0v) is 11.7. The van der Waals surface area contributed by atoms with E-state index in [0.29, 0.717) is 0 Å². The number of ether oxygens (including phenoxy) is 1. The van der Waals surface area contributed by atoms with Gasteiger partial charge in [0.1, 0.15) is 11.5 Å². The van der Waals surface area contributed by atoms with Crippen LogP contribution in [0.3, 0.4) is 0 Å². The van der Waals surface area contributed by atoms with Gasteiger partial charge in [-0.15, -0.1) is 0 Å². The summed E-state index contributed by atoms with van der Waals surface area (Å²) in [6.45, 7) is 0. The maximum atomic E-state index is 5.98. The van der Waals surface area contributed by atoms with Crippen molar-refractivity contribution in [3.8, 4) is 11.5 Å². The van der Waals surface area contributed by atoms with E-state index in [1.807, 2.05) is 48.5 Å². The Bertz CT molecular complexity index is 705. The van der Waals surface area contributed by atoms with Crippen molar-refractivity contribution in [3.05, 3.63) is 90.0 Å². The van der Waals surface area contributed by atoms with Crippen molar-refractivity contribution in [3.63, 3.8) is 0 Å². The highest BCUT2D eigenvalue weighted by Crippen LogP contribution is 2.27. The molecule has 0 saturated carbocycles. The van der Waals surface area contributed by atoms with Crippen LogP contribution >= 0.6 is 0 Å². The molecule has 0 radical (unpaired) electrons. The topological polar surface area (TPSA) is 35.2 Å². The van der Waals surface area contributed by atoms with E-state index in [0.717, 1.165) is 23.6 Å². The monoisotopic (exact) mass is 275 g/mol. The first-order valence-electron chi connectivity index (χ1n) is 6.96. The lowest BCUT2D eigenvalue weighted by molar-refractivity contribution is 0.477. The standard InChI is InChI=1S/C19H17NO/c20-17-10-12-18(13-11-17)21-19-9-5-4-8-16(19)14-15-6-2-1-3-7-15/h1-13H,14,20H2. The molecule has 3 aromatic carbocycles. The fraction of sp³-hybridized carbons (Fsp3) is 0.0526. The number of hydrogen-bond acceptors (Lipinski definition) is 2. The fourth-order valence-corrected chi connectivity index (χ4v) is 2.23. The largest absolute Gasteiger partial charge is 0.457 e. The average Bonchev–Trinajstić information content (AvgIpc) is 2.52. The molecular weight excluding hydrogens is 258 g/mol. The van der Waals surface area contributed by atoms with Gasteiger partial charge in [-0.3, -0.25) is 0 Å². The second-order valence-corrected chi connectivity index (χ2v) is 4.94. The lowest BCUT2D eigenvalue weighted by Crippen LogP contribution is -1.93. The Kier molecular flexibility index (Phi) is 3.88. The van der Waals surface area contributed by atoms with Crippen LogP contribution in [0.5, 0.6) is 11.5 Å². The summed E-state index contributed by atoms with van der Waals surface area (Å²) in [5, 5.41) is 0. The van der Waals surface area contributed by atoms with E-state index in [1.165, 1.54) is 11.1 Å². The first-order valence-corrected chi connectivity index (χ1v) is 6.96. The predicted octanol–water partition coefficient (Wildman–Crippen LogP) is 4.65. The van der Waals surface area contributed by atoms with Crippen molar-refractivity contribution < 1.29 is 4.74 Å². The molecule has 0 aliphatic carbocycles. The molecule has 2 nitrogen and oxygen atoms in total. The Hall–Kier alpha value is -2.74. The van der Waals surface area contributed by atoms with Crippen LogP contribution in [-0.4, -0.2) is 0 Å². The summed E-state index contributed by atoms with van der Waals surface area (Å²) < 4.78 is 5.98. The van der Waals surface area contributed by atoms with Crippen molar-refractivity contribution >= 4 is 5.69 Å². The summed E-state index contributed by atoms with van der Waals surface area (Å²) in [6, 6.07) is 26.0. The second kappa shape index (κ2) is 6.14. The number of rotatable bonds is 4. The Morgan fingerprint density at radius 3 is 2.14 bits per heavy atom. The van der Waals surface area contributed by atoms with E-state index >= 15 is 0 Å². The van der Waals surface area contributed by atoms with Crippen LogP contribution in [0.15, 0.2) is 78.9 Å². The summed E-state index contributed by atoms with van der Waals surface area (Å²) >= 11 is 0. The summed E-state index contributed by atoms with van der Waals surface area (Å²) in [6.07, 6.45) is 0.853. The van der Waals surface area contributed by atoms with Crippen molar-refractivity contribution in [2.75, 3.05) is 5.73 Å². The van der Waals surface area contributed by atoms with E-state index < -0.39 is 0 Å². The van der Waals surface area contributed by atoms with Crippen LogP contribution in [0.25, 0.3) is 0 Å². The molecule has 0 amide bonds. The van der Waals surface area contributed by atoms with Crippen LogP contribution in [0.2, 0.25) is 0 Å². The van der Waals surface area contributed by atoms with Crippen LogP contribution in [0, 0.1) is 0 Å². The third kappa shape index (κ3) is 3.42. The molecule has 3 aromatic rings. The molecule has 0 unspecified atom stereocenters. The zero-order valence-electron chi connectivity index (χ0n) is 11.7. The summed E-state index contributed by atoms with van der Waals surface area (Å²) in [5.41, 5.74) is 8.87. The summed E-state index contributed by atoms with van der Waals surface area (Å²) in [5.74, 6) is 1.68. The number of para-hydroxylation sites is 1. The smallest absolute Gasteiger partial charge is 0.130 e. The minimum Gasteiger partial charge on any atom is -0.457 e. The molecule has 0 saturated heterocycles. The average molecular weight is 275 g/mol. The van der Waals surface area contributed by atoms with E-state index in [-0.39, 0.29) is 0 Å². The minimum absolute atomic E-state index is 0.736. The molecule has 0 aromatic heterocycles. The third-order valence-electron chi connectivity index (χ3n) is 3.32. The molecule has 0 spiro atoms. The zero-order chi connectivity index (χ0) is 14.5. The van der Waals surface area contributed by atoms with Gasteiger partial charge >= 0.3 is 0 Å². The van der Waals surface area contributed by atoms with Gasteiger partial charge in [0.25, 0.3) is 0 Å². The Balaban J connectivity index is 1.84. The van der Waals surface area contributed by atoms with E-state index in [2.05, 4.69) is 30.3 Å².